The van der Waals surface area contributed by atoms with Crippen LogP contribution in [-0.2, 0) is 22.9 Å². The van der Waals surface area contributed by atoms with Crippen LogP contribution in [0.4, 0.5) is 0 Å². The fraction of sp³-hybridized carbons (Fsp3) is 0.0870. The lowest BCUT2D eigenvalue weighted by Crippen LogP contribution is -2.29. The number of hydrogen-bond acceptors (Lipinski definition) is 5. The molecule has 0 spiro atoms. The molecule has 2 aromatic heterocycles. The van der Waals surface area contributed by atoms with E-state index >= 15 is 0 Å². The van der Waals surface area contributed by atoms with Crippen molar-refractivity contribution in [3.05, 3.63) is 107 Å². The summed E-state index contributed by atoms with van der Waals surface area (Å²) in [4.78, 5) is 14.8. The van der Waals surface area contributed by atoms with Crippen LogP contribution in [-0.4, -0.2) is 19.2 Å². The van der Waals surface area contributed by atoms with Gasteiger partial charge in [-0.2, -0.15) is 0 Å². The number of amides is 1. The molecule has 4 aromatic rings. The van der Waals surface area contributed by atoms with Gasteiger partial charge in [0.25, 0.3) is 5.91 Å². The molecule has 4 rings (SSSR count). The summed E-state index contributed by atoms with van der Waals surface area (Å²) >= 11 is 3.28. The number of furan rings is 2. The highest BCUT2D eigenvalue weighted by atomic mass is 79.9. The van der Waals surface area contributed by atoms with Crippen LogP contribution in [0.5, 0.6) is 0 Å². The number of carbonyl (C=O) groups excluding carboxylic acids is 1. The lowest BCUT2D eigenvalue weighted by Gasteiger charge is -2.20. The SMILES string of the molecule is O=C(c1ccc(S(=O)(=O)c2ccc(Br)cc2)o1)N(Cc1ccccc1)Cc1ccco1. The third-order valence-corrected chi connectivity index (χ3v) is 6.78. The summed E-state index contributed by atoms with van der Waals surface area (Å²) < 4.78 is 37.4. The normalized spacial score (nSPS) is 11.4. The number of rotatable bonds is 7. The summed E-state index contributed by atoms with van der Waals surface area (Å²) in [5.74, 6) is 0.120. The molecule has 8 heteroatoms. The number of carbonyl (C=O) groups is 1. The minimum absolute atomic E-state index is 0.0572. The molecule has 0 radical (unpaired) electrons. The zero-order valence-corrected chi connectivity index (χ0v) is 18.7. The van der Waals surface area contributed by atoms with Crippen LogP contribution in [0.3, 0.4) is 0 Å². The van der Waals surface area contributed by atoms with E-state index in [9.17, 15) is 13.2 Å². The standard InChI is InChI=1S/C23H18BrNO5S/c24-18-8-10-20(11-9-18)31(27,28)22-13-12-21(30-22)23(26)25(16-19-7-4-14-29-19)15-17-5-2-1-3-6-17/h1-14H,15-16H2. The molecule has 0 saturated heterocycles. The molecule has 2 heterocycles. The Morgan fingerprint density at radius 2 is 1.61 bits per heavy atom. The average molecular weight is 500 g/mol. The second-order valence-corrected chi connectivity index (χ2v) is 9.60. The van der Waals surface area contributed by atoms with Crippen molar-refractivity contribution in [3.8, 4) is 0 Å². The zero-order chi connectivity index (χ0) is 21.8. The zero-order valence-electron chi connectivity index (χ0n) is 16.3. The number of nitrogens with zero attached hydrogens (tertiary/aromatic N) is 1. The topological polar surface area (TPSA) is 80.7 Å². The molecule has 1 amide bonds. The fourth-order valence-electron chi connectivity index (χ4n) is 3.06. The Kier molecular flexibility index (Phi) is 6.11. The van der Waals surface area contributed by atoms with E-state index in [1.165, 1.54) is 30.5 Å². The van der Waals surface area contributed by atoms with Gasteiger partial charge in [0.2, 0.25) is 14.9 Å². The van der Waals surface area contributed by atoms with Gasteiger partial charge in [-0.05, 0) is 54.1 Å². The summed E-state index contributed by atoms with van der Waals surface area (Å²) in [5.41, 5.74) is 0.927. The Hall–Kier alpha value is -3.10. The maximum absolute atomic E-state index is 13.2. The number of halogens is 1. The highest BCUT2D eigenvalue weighted by molar-refractivity contribution is 9.10. The Labute approximate surface area is 188 Å². The molecular formula is C23H18BrNO5S. The predicted octanol–water partition coefficient (Wildman–Crippen LogP) is 5.31. The Morgan fingerprint density at radius 3 is 2.29 bits per heavy atom. The van der Waals surface area contributed by atoms with E-state index < -0.39 is 15.7 Å². The first-order valence-corrected chi connectivity index (χ1v) is 11.7. The van der Waals surface area contributed by atoms with Crippen LogP contribution in [0, 0.1) is 0 Å². The highest BCUT2D eigenvalue weighted by Gasteiger charge is 2.26. The Morgan fingerprint density at radius 1 is 0.871 bits per heavy atom. The van der Waals surface area contributed by atoms with Gasteiger partial charge in [-0.1, -0.05) is 46.3 Å². The molecule has 0 bridgehead atoms. The third kappa shape index (κ3) is 4.81. The largest absolute Gasteiger partial charge is 0.467 e. The van der Waals surface area contributed by atoms with Crippen LogP contribution in [0.15, 0.2) is 108 Å². The molecule has 0 N–H and O–H groups in total. The van der Waals surface area contributed by atoms with Crippen LogP contribution >= 0.6 is 15.9 Å². The van der Waals surface area contributed by atoms with Crippen molar-refractivity contribution in [2.45, 2.75) is 23.1 Å². The van der Waals surface area contributed by atoms with Crippen molar-refractivity contribution >= 4 is 31.7 Å². The molecular weight excluding hydrogens is 482 g/mol. The van der Waals surface area contributed by atoms with Gasteiger partial charge in [-0.3, -0.25) is 4.79 Å². The van der Waals surface area contributed by atoms with E-state index in [4.69, 9.17) is 8.83 Å². The smallest absolute Gasteiger partial charge is 0.290 e. The number of hydrogen-bond donors (Lipinski definition) is 0. The van der Waals surface area contributed by atoms with Crippen LogP contribution in [0.1, 0.15) is 21.9 Å². The Balaban J connectivity index is 1.61. The van der Waals surface area contributed by atoms with Gasteiger partial charge in [0.15, 0.2) is 5.76 Å². The molecule has 6 nitrogen and oxygen atoms in total. The first kappa shape index (κ1) is 21.1. The second kappa shape index (κ2) is 8.95. The van der Waals surface area contributed by atoms with Crippen molar-refractivity contribution in [3.63, 3.8) is 0 Å². The van der Waals surface area contributed by atoms with E-state index in [0.717, 1.165) is 10.0 Å². The summed E-state index contributed by atoms with van der Waals surface area (Å²) in [6.45, 7) is 0.534. The van der Waals surface area contributed by atoms with Gasteiger partial charge in [0, 0.05) is 11.0 Å². The maximum atomic E-state index is 13.2. The monoisotopic (exact) mass is 499 g/mol. The van der Waals surface area contributed by atoms with Gasteiger partial charge in [0.05, 0.1) is 17.7 Å². The minimum atomic E-state index is -3.88. The summed E-state index contributed by atoms with van der Waals surface area (Å²) in [5, 5.41) is -0.282. The van der Waals surface area contributed by atoms with Crippen molar-refractivity contribution in [2.75, 3.05) is 0 Å². The lowest BCUT2D eigenvalue weighted by atomic mass is 10.2. The van der Waals surface area contributed by atoms with Gasteiger partial charge in [-0.15, -0.1) is 0 Å². The van der Waals surface area contributed by atoms with E-state index in [0.29, 0.717) is 12.3 Å². The molecule has 0 aliphatic carbocycles. The van der Waals surface area contributed by atoms with Crippen molar-refractivity contribution in [1.29, 1.82) is 0 Å². The Bertz CT molecular complexity index is 1260. The molecule has 0 fully saturated rings. The highest BCUT2D eigenvalue weighted by Crippen LogP contribution is 2.25. The first-order chi connectivity index (χ1) is 14.9. The molecule has 0 aliphatic rings. The molecule has 0 aliphatic heterocycles. The summed E-state index contributed by atoms with van der Waals surface area (Å²) in [6, 6.07) is 21.9. The quantitative estimate of drug-likeness (QED) is 0.344. The van der Waals surface area contributed by atoms with E-state index in [1.807, 2.05) is 30.3 Å². The van der Waals surface area contributed by atoms with E-state index in [-0.39, 0.29) is 22.3 Å². The van der Waals surface area contributed by atoms with Crippen molar-refractivity contribution in [1.82, 2.24) is 4.90 Å². The van der Waals surface area contributed by atoms with Gasteiger partial charge >= 0.3 is 0 Å². The molecule has 2 aromatic carbocycles. The van der Waals surface area contributed by atoms with Gasteiger partial charge in [-0.25, -0.2) is 8.42 Å². The molecule has 0 unspecified atom stereocenters. The number of sulfone groups is 1. The van der Waals surface area contributed by atoms with Crippen molar-refractivity contribution in [2.24, 2.45) is 0 Å². The summed E-state index contributed by atoms with van der Waals surface area (Å²) in [6.07, 6.45) is 1.54. The lowest BCUT2D eigenvalue weighted by molar-refractivity contribution is 0.0679. The average Bonchev–Trinajstić information content (AvgIpc) is 3.46. The third-order valence-electron chi connectivity index (χ3n) is 4.61. The van der Waals surface area contributed by atoms with Gasteiger partial charge in [0.1, 0.15) is 5.76 Å². The van der Waals surface area contributed by atoms with E-state index in [1.54, 1.807) is 29.2 Å². The van der Waals surface area contributed by atoms with E-state index in [2.05, 4.69) is 15.9 Å². The molecule has 158 valence electrons. The predicted molar refractivity (Wildman–Crippen MR) is 117 cm³/mol. The van der Waals surface area contributed by atoms with Crippen LogP contribution in [0.25, 0.3) is 0 Å². The van der Waals surface area contributed by atoms with Crippen LogP contribution in [0.2, 0.25) is 0 Å². The first-order valence-electron chi connectivity index (χ1n) is 9.39. The summed E-state index contributed by atoms with van der Waals surface area (Å²) in [7, 11) is -3.88. The van der Waals surface area contributed by atoms with Crippen LogP contribution < -0.4 is 0 Å². The molecule has 0 saturated carbocycles. The number of benzene rings is 2. The maximum Gasteiger partial charge on any atom is 0.290 e. The van der Waals surface area contributed by atoms with Gasteiger partial charge < -0.3 is 13.7 Å². The second-order valence-electron chi connectivity index (χ2n) is 6.80. The van der Waals surface area contributed by atoms with Crippen molar-refractivity contribution < 1.29 is 22.0 Å². The fourth-order valence-corrected chi connectivity index (χ4v) is 4.50. The molecule has 0 atom stereocenters. The minimum Gasteiger partial charge on any atom is -0.467 e. The molecule has 31 heavy (non-hydrogen) atoms.